The Hall–Kier alpha value is -3.28. The summed E-state index contributed by atoms with van der Waals surface area (Å²) in [5, 5.41) is 9.20. The minimum absolute atomic E-state index is 0.145. The summed E-state index contributed by atoms with van der Waals surface area (Å²) in [6, 6.07) is 7.21. The second-order valence-electron chi connectivity index (χ2n) is 10.9. The Morgan fingerprint density at radius 1 is 1.18 bits per heavy atom. The summed E-state index contributed by atoms with van der Waals surface area (Å²) < 4.78 is 9.37. The number of imidazole rings is 1. The lowest BCUT2D eigenvalue weighted by Crippen LogP contribution is -2.59. The molecule has 0 spiro atoms. The third-order valence-electron chi connectivity index (χ3n) is 8.95. The molecule has 1 saturated heterocycles. The summed E-state index contributed by atoms with van der Waals surface area (Å²) in [4.78, 5) is 40.0. The van der Waals surface area contributed by atoms with Gasteiger partial charge in [0.1, 0.15) is 6.10 Å². The molecule has 0 radical (unpaired) electrons. The van der Waals surface area contributed by atoms with Gasteiger partial charge in [0.15, 0.2) is 0 Å². The quantitative estimate of drug-likeness (QED) is 0.748. The van der Waals surface area contributed by atoms with Crippen LogP contribution in [0.25, 0.3) is 11.0 Å². The number of likely N-dealkylation sites (tertiary alicyclic amines) is 1. The van der Waals surface area contributed by atoms with Crippen LogP contribution in [0.1, 0.15) is 50.1 Å². The van der Waals surface area contributed by atoms with E-state index in [1.165, 1.54) is 0 Å². The number of hydrogen-bond acceptors (Lipinski definition) is 5. The topological polar surface area (TPSA) is 123 Å². The van der Waals surface area contributed by atoms with Crippen molar-refractivity contribution in [1.29, 1.82) is 5.26 Å². The number of amides is 2. The van der Waals surface area contributed by atoms with Crippen molar-refractivity contribution in [2.75, 3.05) is 13.1 Å². The number of nitrogens with zero attached hydrogens (tertiary/aromatic N) is 4. The van der Waals surface area contributed by atoms with E-state index in [1.807, 2.05) is 0 Å². The predicted molar refractivity (Wildman–Crippen MR) is 123 cm³/mol. The second kappa shape index (κ2) is 7.36. The molecule has 5 aliphatic rings. The van der Waals surface area contributed by atoms with Gasteiger partial charge in [-0.05, 0) is 74.5 Å². The first kappa shape index (κ1) is 21.3. The molecule has 2 amide bonds. The molecule has 4 saturated carbocycles. The van der Waals surface area contributed by atoms with E-state index in [0.29, 0.717) is 36.5 Å². The van der Waals surface area contributed by atoms with Gasteiger partial charge in [-0.1, -0.05) is 0 Å². The lowest BCUT2D eigenvalue weighted by molar-refractivity contribution is -0.161. The SMILES string of the molecule is Cn1c(=O)n(C2CCN(C(=O)OC3C4CC5CC3CC(C(N)=O)(C5)C4)C2)c2ccc(C#N)cc21. The number of aryl methyl sites for hydroxylation is 1. The third kappa shape index (κ3) is 3.00. The highest BCUT2D eigenvalue weighted by Gasteiger charge is 2.59. The summed E-state index contributed by atoms with van der Waals surface area (Å²) in [6.07, 6.45) is 4.54. The van der Waals surface area contributed by atoms with E-state index >= 15 is 0 Å². The van der Waals surface area contributed by atoms with Gasteiger partial charge in [0.2, 0.25) is 5.91 Å². The summed E-state index contributed by atoms with van der Waals surface area (Å²) in [6.45, 7) is 0.937. The summed E-state index contributed by atoms with van der Waals surface area (Å²) in [5.74, 6) is 0.726. The molecule has 4 aliphatic carbocycles. The lowest BCUT2D eigenvalue weighted by Gasteiger charge is -2.58. The van der Waals surface area contributed by atoms with Crippen molar-refractivity contribution in [2.24, 2.45) is 36.0 Å². The summed E-state index contributed by atoms with van der Waals surface area (Å²) in [5.41, 5.74) is 7.21. The van der Waals surface area contributed by atoms with E-state index in [9.17, 15) is 19.6 Å². The van der Waals surface area contributed by atoms with Crippen molar-refractivity contribution >= 4 is 23.0 Å². The first-order valence-corrected chi connectivity index (χ1v) is 12.2. The molecule has 7 rings (SSSR count). The molecule has 178 valence electrons. The first-order chi connectivity index (χ1) is 16.3. The van der Waals surface area contributed by atoms with E-state index in [-0.39, 0.29) is 41.7 Å². The standard InChI is InChI=1S/C25H29N5O4/c1-28-20-8-14(12-26)2-3-19(20)30(23(28)32)18-4-5-29(13-18)24(33)34-21-16-6-15-7-17(21)11-25(9-15,10-16)22(27)31/h2-3,8,15-18,21H,4-7,9-11,13H2,1H3,(H2,27,31). The predicted octanol–water partition coefficient (Wildman–Crippen LogP) is 2.28. The van der Waals surface area contributed by atoms with Gasteiger partial charge >= 0.3 is 11.8 Å². The highest BCUT2D eigenvalue weighted by Crippen LogP contribution is 2.60. The minimum atomic E-state index is -0.404. The summed E-state index contributed by atoms with van der Waals surface area (Å²) in [7, 11) is 1.70. The molecule has 2 heterocycles. The number of aromatic nitrogens is 2. The van der Waals surface area contributed by atoms with E-state index in [4.69, 9.17) is 10.5 Å². The lowest BCUT2D eigenvalue weighted by atomic mass is 9.48. The van der Waals surface area contributed by atoms with Crippen LogP contribution in [0.2, 0.25) is 0 Å². The van der Waals surface area contributed by atoms with Crippen LogP contribution < -0.4 is 11.4 Å². The Kier molecular flexibility index (Phi) is 4.60. The number of rotatable bonds is 3. The second-order valence-corrected chi connectivity index (χ2v) is 10.9. The Bertz CT molecular complexity index is 1290. The number of nitrogens with two attached hydrogens (primary N) is 1. The Balaban J connectivity index is 1.18. The number of carbonyl (C=O) groups is 2. The zero-order valence-electron chi connectivity index (χ0n) is 19.3. The third-order valence-corrected chi connectivity index (χ3v) is 8.95. The maximum Gasteiger partial charge on any atom is 0.410 e. The highest BCUT2D eigenvalue weighted by atomic mass is 16.6. The van der Waals surface area contributed by atoms with Gasteiger partial charge in [0, 0.05) is 20.1 Å². The average molecular weight is 464 g/mol. The molecule has 9 nitrogen and oxygen atoms in total. The van der Waals surface area contributed by atoms with Gasteiger partial charge in [-0.2, -0.15) is 5.26 Å². The maximum absolute atomic E-state index is 13.1. The molecule has 2 aromatic rings. The Morgan fingerprint density at radius 2 is 1.91 bits per heavy atom. The van der Waals surface area contributed by atoms with Crippen LogP contribution in [0.4, 0.5) is 4.79 Å². The molecule has 1 aromatic carbocycles. The monoisotopic (exact) mass is 463 g/mol. The van der Waals surface area contributed by atoms with Crippen molar-refractivity contribution < 1.29 is 14.3 Å². The number of ether oxygens (including phenoxy) is 1. The van der Waals surface area contributed by atoms with Crippen LogP contribution in [0.5, 0.6) is 0 Å². The highest BCUT2D eigenvalue weighted by molar-refractivity contribution is 5.81. The van der Waals surface area contributed by atoms with Crippen LogP contribution in [-0.4, -0.2) is 45.2 Å². The van der Waals surface area contributed by atoms with E-state index < -0.39 is 5.41 Å². The Morgan fingerprint density at radius 3 is 2.59 bits per heavy atom. The molecule has 3 atom stereocenters. The zero-order valence-corrected chi connectivity index (χ0v) is 19.3. The molecule has 1 aliphatic heterocycles. The van der Waals surface area contributed by atoms with Crippen LogP contribution in [0.3, 0.4) is 0 Å². The van der Waals surface area contributed by atoms with Crippen molar-refractivity contribution in [3.8, 4) is 6.07 Å². The largest absolute Gasteiger partial charge is 0.446 e. The van der Waals surface area contributed by atoms with Gasteiger partial charge in [-0.3, -0.25) is 13.9 Å². The van der Waals surface area contributed by atoms with Crippen LogP contribution in [0.15, 0.2) is 23.0 Å². The van der Waals surface area contributed by atoms with Crippen molar-refractivity contribution in [3.05, 3.63) is 34.2 Å². The van der Waals surface area contributed by atoms with Crippen molar-refractivity contribution in [1.82, 2.24) is 14.0 Å². The summed E-state index contributed by atoms with van der Waals surface area (Å²) >= 11 is 0. The maximum atomic E-state index is 13.1. The van der Waals surface area contributed by atoms with E-state index in [0.717, 1.165) is 37.6 Å². The van der Waals surface area contributed by atoms with Gasteiger partial charge in [-0.25, -0.2) is 9.59 Å². The molecule has 1 aromatic heterocycles. The zero-order chi connectivity index (χ0) is 23.8. The number of benzene rings is 1. The molecule has 5 fully saturated rings. The van der Waals surface area contributed by atoms with Crippen molar-refractivity contribution in [2.45, 2.75) is 50.7 Å². The minimum Gasteiger partial charge on any atom is -0.446 e. The smallest absolute Gasteiger partial charge is 0.410 e. The first-order valence-electron chi connectivity index (χ1n) is 12.2. The molecule has 3 unspecified atom stereocenters. The molecule has 2 N–H and O–H groups in total. The Labute approximate surface area is 197 Å². The van der Waals surface area contributed by atoms with Gasteiger partial charge in [0.05, 0.1) is 34.1 Å². The fourth-order valence-electron chi connectivity index (χ4n) is 7.57. The fraction of sp³-hybridized carbons (Fsp3) is 0.600. The molecule has 4 bridgehead atoms. The number of nitriles is 1. The number of carbonyl (C=O) groups excluding carboxylic acids is 2. The van der Waals surface area contributed by atoms with E-state index in [1.54, 1.807) is 39.3 Å². The molecular weight excluding hydrogens is 434 g/mol. The van der Waals surface area contributed by atoms with E-state index in [2.05, 4.69) is 6.07 Å². The van der Waals surface area contributed by atoms with Gasteiger partial charge < -0.3 is 15.4 Å². The van der Waals surface area contributed by atoms with Crippen LogP contribution in [0, 0.1) is 34.5 Å². The van der Waals surface area contributed by atoms with Crippen LogP contribution in [-0.2, 0) is 16.6 Å². The fourth-order valence-corrected chi connectivity index (χ4v) is 7.57. The molecule has 9 heteroatoms. The molecule has 34 heavy (non-hydrogen) atoms. The van der Waals surface area contributed by atoms with Gasteiger partial charge in [-0.15, -0.1) is 0 Å². The average Bonchev–Trinajstić information content (AvgIpc) is 3.38. The normalized spacial score (nSPS) is 33.9. The number of primary amides is 1. The van der Waals surface area contributed by atoms with Crippen LogP contribution >= 0.6 is 0 Å². The molecular formula is C25H29N5O4. The van der Waals surface area contributed by atoms with Crippen molar-refractivity contribution in [3.63, 3.8) is 0 Å². The number of fused-ring (bicyclic) bond motifs is 1. The van der Waals surface area contributed by atoms with Gasteiger partial charge in [0.25, 0.3) is 0 Å². The number of hydrogen-bond donors (Lipinski definition) is 1.